The number of rotatable bonds is 2. The molecule has 0 aromatic carbocycles. The summed E-state index contributed by atoms with van der Waals surface area (Å²) in [5.74, 6) is 0.261. The van der Waals surface area contributed by atoms with Gasteiger partial charge in [0.25, 0.3) is 5.56 Å². The zero-order valence-electron chi connectivity index (χ0n) is 10.7. The van der Waals surface area contributed by atoms with Gasteiger partial charge in [0.15, 0.2) is 10.3 Å². The highest BCUT2D eigenvalue weighted by Gasteiger charge is 2.27. The highest BCUT2D eigenvalue weighted by atomic mass is 32.2. The summed E-state index contributed by atoms with van der Waals surface area (Å²) in [5, 5.41) is 5.84. The van der Waals surface area contributed by atoms with Crippen molar-refractivity contribution in [2.45, 2.75) is 18.6 Å². The van der Waals surface area contributed by atoms with E-state index < -0.39 is 0 Å². The molecule has 0 aliphatic carbocycles. The molecule has 0 bridgehead atoms. The average molecular weight is 308 g/mol. The smallest absolute Gasteiger partial charge is 0.257 e. The van der Waals surface area contributed by atoms with E-state index in [2.05, 4.69) is 15.3 Å². The van der Waals surface area contributed by atoms with Crippen LogP contribution >= 0.6 is 23.1 Å². The van der Waals surface area contributed by atoms with E-state index in [4.69, 9.17) is 0 Å². The molecule has 8 heteroatoms. The summed E-state index contributed by atoms with van der Waals surface area (Å²) in [6.07, 6.45) is 3.22. The lowest BCUT2D eigenvalue weighted by molar-refractivity contribution is -0.119. The molecule has 2 aromatic heterocycles. The molecule has 1 N–H and O–H groups in total. The second-order valence-corrected chi connectivity index (χ2v) is 6.36. The number of nitrogens with zero attached hydrogens (tertiary/aromatic N) is 3. The van der Waals surface area contributed by atoms with Crippen LogP contribution in [-0.4, -0.2) is 26.2 Å². The highest BCUT2D eigenvalue weighted by molar-refractivity contribution is 7.99. The summed E-state index contributed by atoms with van der Waals surface area (Å²) in [6, 6.07) is 0. The standard InChI is InChI=1S/C12H12N4O2S2/c1-7-4-14-12-16(10(7)18)5-8(6-20-12)9(17)15-11-13-2-3-19-11/h2-4,8H,5-6H2,1H3,(H,13,15,17). The van der Waals surface area contributed by atoms with Crippen LogP contribution in [0.15, 0.2) is 27.7 Å². The number of carbonyl (C=O) groups excluding carboxylic acids is 1. The van der Waals surface area contributed by atoms with E-state index in [0.29, 0.717) is 28.1 Å². The zero-order chi connectivity index (χ0) is 14.1. The minimum Gasteiger partial charge on any atom is -0.302 e. The van der Waals surface area contributed by atoms with Crippen molar-refractivity contribution in [3.8, 4) is 0 Å². The van der Waals surface area contributed by atoms with Crippen LogP contribution in [0.2, 0.25) is 0 Å². The van der Waals surface area contributed by atoms with Crippen LogP contribution in [0.5, 0.6) is 0 Å². The Balaban J connectivity index is 1.80. The van der Waals surface area contributed by atoms with Crippen molar-refractivity contribution in [2.24, 2.45) is 5.92 Å². The quantitative estimate of drug-likeness (QED) is 0.848. The van der Waals surface area contributed by atoms with Crippen molar-refractivity contribution < 1.29 is 4.79 Å². The molecular formula is C12H12N4O2S2. The fraction of sp³-hybridized carbons (Fsp3) is 0.333. The molecule has 1 amide bonds. The van der Waals surface area contributed by atoms with E-state index in [9.17, 15) is 9.59 Å². The number of aromatic nitrogens is 3. The summed E-state index contributed by atoms with van der Waals surface area (Å²) in [7, 11) is 0. The Labute approximate surface area is 123 Å². The number of anilines is 1. The molecule has 0 fully saturated rings. The predicted octanol–water partition coefficient (Wildman–Crippen LogP) is 1.37. The van der Waals surface area contributed by atoms with Crippen molar-refractivity contribution in [1.29, 1.82) is 0 Å². The fourth-order valence-electron chi connectivity index (χ4n) is 1.95. The lowest BCUT2D eigenvalue weighted by Gasteiger charge is -2.23. The highest BCUT2D eigenvalue weighted by Crippen LogP contribution is 2.26. The summed E-state index contributed by atoms with van der Waals surface area (Å²) in [4.78, 5) is 32.5. The van der Waals surface area contributed by atoms with Crippen LogP contribution in [0.1, 0.15) is 5.56 Å². The van der Waals surface area contributed by atoms with E-state index in [1.54, 1.807) is 29.3 Å². The molecule has 0 radical (unpaired) electrons. The molecule has 1 aliphatic heterocycles. The number of aryl methyl sites for hydroxylation is 1. The minimum atomic E-state index is -0.252. The number of thioether (sulfide) groups is 1. The van der Waals surface area contributed by atoms with Crippen molar-refractivity contribution in [3.63, 3.8) is 0 Å². The number of amides is 1. The first kappa shape index (κ1) is 13.3. The maximum Gasteiger partial charge on any atom is 0.257 e. The van der Waals surface area contributed by atoms with E-state index in [-0.39, 0.29) is 17.4 Å². The van der Waals surface area contributed by atoms with Crippen LogP contribution in [-0.2, 0) is 11.3 Å². The third kappa shape index (κ3) is 2.48. The van der Waals surface area contributed by atoms with Gasteiger partial charge >= 0.3 is 0 Å². The van der Waals surface area contributed by atoms with Gasteiger partial charge in [0.1, 0.15) is 0 Å². The van der Waals surface area contributed by atoms with E-state index >= 15 is 0 Å². The summed E-state index contributed by atoms with van der Waals surface area (Å²) in [5.41, 5.74) is 0.518. The van der Waals surface area contributed by atoms with Crippen LogP contribution in [0.4, 0.5) is 5.13 Å². The maximum atomic E-state index is 12.2. The van der Waals surface area contributed by atoms with E-state index in [0.717, 1.165) is 0 Å². The Morgan fingerprint density at radius 2 is 2.35 bits per heavy atom. The second-order valence-electron chi connectivity index (χ2n) is 4.47. The molecule has 0 saturated carbocycles. The number of hydrogen-bond acceptors (Lipinski definition) is 6. The number of carbonyl (C=O) groups is 1. The third-order valence-corrected chi connectivity index (χ3v) is 4.87. The largest absolute Gasteiger partial charge is 0.302 e. The summed E-state index contributed by atoms with van der Waals surface area (Å²) in [6.45, 7) is 2.10. The van der Waals surface area contributed by atoms with Crippen molar-refractivity contribution in [3.05, 3.63) is 33.7 Å². The first-order valence-electron chi connectivity index (χ1n) is 6.05. The Morgan fingerprint density at radius 1 is 1.50 bits per heavy atom. The molecule has 1 aliphatic rings. The number of fused-ring (bicyclic) bond motifs is 1. The molecule has 1 unspecified atom stereocenters. The molecule has 20 heavy (non-hydrogen) atoms. The van der Waals surface area contributed by atoms with Crippen LogP contribution in [0.25, 0.3) is 0 Å². The molecule has 0 spiro atoms. The van der Waals surface area contributed by atoms with E-state index in [1.165, 1.54) is 23.1 Å². The third-order valence-electron chi connectivity index (χ3n) is 3.03. The van der Waals surface area contributed by atoms with Crippen molar-refractivity contribution in [2.75, 3.05) is 11.1 Å². The van der Waals surface area contributed by atoms with Gasteiger partial charge in [-0.05, 0) is 6.92 Å². The Morgan fingerprint density at radius 3 is 3.10 bits per heavy atom. The molecule has 2 aromatic rings. The topological polar surface area (TPSA) is 76.9 Å². The molecule has 3 rings (SSSR count). The van der Waals surface area contributed by atoms with E-state index in [1.807, 2.05) is 0 Å². The Bertz CT molecular complexity index is 696. The first-order chi connectivity index (χ1) is 9.65. The normalized spacial score (nSPS) is 17.6. The lowest BCUT2D eigenvalue weighted by Crippen LogP contribution is -2.37. The minimum absolute atomic E-state index is 0.0748. The van der Waals surface area contributed by atoms with Gasteiger partial charge < -0.3 is 5.32 Å². The molecule has 1 atom stereocenters. The second kappa shape index (κ2) is 5.37. The Hall–Kier alpha value is -1.67. The van der Waals surface area contributed by atoms with Crippen molar-refractivity contribution in [1.82, 2.24) is 14.5 Å². The van der Waals surface area contributed by atoms with Gasteiger partial charge in [-0.25, -0.2) is 9.97 Å². The van der Waals surface area contributed by atoms with Crippen LogP contribution in [0, 0.1) is 12.8 Å². The fourth-order valence-corrected chi connectivity index (χ4v) is 3.53. The summed E-state index contributed by atoms with van der Waals surface area (Å²) < 4.78 is 1.58. The molecule has 0 saturated heterocycles. The van der Waals surface area contributed by atoms with Crippen LogP contribution in [0.3, 0.4) is 0 Å². The van der Waals surface area contributed by atoms with Crippen LogP contribution < -0.4 is 10.9 Å². The molecule has 3 heterocycles. The zero-order valence-corrected chi connectivity index (χ0v) is 12.3. The SMILES string of the molecule is Cc1cnc2n(c1=O)CC(C(=O)Nc1nccs1)CS2. The van der Waals surface area contributed by atoms with Gasteiger partial charge in [0.2, 0.25) is 5.91 Å². The number of thiazole rings is 1. The lowest BCUT2D eigenvalue weighted by atomic mass is 10.1. The van der Waals surface area contributed by atoms with Crippen molar-refractivity contribution >= 4 is 34.1 Å². The number of hydrogen-bond donors (Lipinski definition) is 1. The molecule has 104 valence electrons. The maximum absolute atomic E-state index is 12.2. The van der Waals surface area contributed by atoms with Gasteiger partial charge in [0.05, 0.1) is 5.92 Å². The average Bonchev–Trinajstić information content (AvgIpc) is 2.95. The Kier molecular flexibility index (Phi) is 3.58. The van der Waals surface area contributed by atoms with Gasteiger partial charge in [-0.15, -0.1) is 11.3 Å². The van der Waals surface area contributed by atoms with Gasteiger partial charge in [0, 0.05) is 35.6 Å². The predicted molar refractivity (Wildman–Crippen MR) is 78.2 cm³/mol. The first-order valence-corrected chi connectivity index (χ1v) is 7.91. The molecule has 6 nitrogen and oxygen atoms in total. The van der Waals surface area contributed by atoms with Gasteiger partial charge in [-0.2, -0.15) is 0 Å². The van der Waals surface area contributed by atoms with Gasteiger partial charge in [-0.3, -0.25) is 14.2 Å². The van der Waals surface area contributed by atoms with Gasteiger partial charge in [-0.1, -0.05) is 11.8 Å². The molecular weight excluding hydrogens is 296 g/mol. The monoisotopic (exact) mass is 308 g/mol. The summed E-state index contributed by atoms with van der Waals surface area (Å²) >= 11 is 2.81. The number of nitrogens with one attached hydrogen (secondary N) is 1.